The Morgan fingerprint density at radius 2 is 1.92 bits per heavy atom. The minimum absolute atomic E-state index is 0.0300. The van der Waals surface area contributed by atoms with Crippen molar-refractivity contribution < 1.29 is 19.0 Å². The molecule has 0 aromatic heterocycles. The van der Waals surface area contributed by atoms with Crippen molar-refractivity contribution >= 4 is 21.7 Å². The van der Waals surface area contributed by atoms with Gasteiger partial charge < -0.3 is 24.8 Å². The van der Waals surface area contributed by atoms with Crippen molar-refractivity contribution in [3.05, 3.63) is 80.7 Å². The molecule has 0 saturated carbocycles. The van der Waals surface area contributed by atoms with Crippen molar-refractivity contribution in [2.75, 3.05) is 26.9 Å². The topological polar surface area (TPSA) is 97.8 Å². The van der Waals surface area contributed by atoms with Gasteiger partial charge in [-0.2, -0.15) is 5.26 Å². The van der Waals surface area contributed by atoms with E-state index >= 15 is 0 Å². The van der Waals surface area contributed by atoms with Gasteiger partial charge in [0.2, 0.25) is 0 Å². The fourth-order valence-corrected chi connectivity index (χ4v) is 5.81. The van der Waals surface area contributed by atoms with Gasteiger partial charge in [-0.3, -0.25) is 4.79 Å². The molecule has 1 aliphatic carbocycles. The predicted molar refractivity (Wildman–Crippen MR) is 149 cm³/mol. The second kappa shape index (κ2) is 11.6. The van der Waals surface area contributed by atoms with Crippen LogP contribution in [-0.4, -0.2) is 37.6 Å². The van der Waals surface area contributed by atoms with Gasteiger partial charge in [0.15, 0.2) is 17.3 Å². The number of carbonyl (C=O) groups is 1. The average Bonchev–Trinajstić information content (AvgIpc) is 2.87. The molecule has 0 amide bonds. The van der Waals surface area contributed by atoms with E-state index in [4.69, 9.17) is 19.9 Å². The van der Waals surface area contributed by atoms with E-state index in [1.807, 2.05) is 54.3 Å². The highest BCUT2D eigenvalue weighted by atomic mass is 79.9. The highest BCUT2D eigenvalue weighted by molar-refractivity contribution is 9.10. The standard InChI is InChI=1S/C30H34BrN3O4/c1-5-37-25-14-20(13-22(31)28(25)38-18-19-9-7-6-8-10-19)26-21(17-32)29(33)34(11-12-36-4)23-15-30(2,3)16-24(35)27(23)26/h6-10,13-14,26H,5,11-12,15-16,18,33H2,1-4H3/t26-/m1/s1. The Morgan fingerprint density at radius 1 is 1.18 bits per heavy atom. The van der Waals surface area contributed by atoms with E-state index in [1.54, 1.807) is 7.11 Å². The number of hydrogen-bond donors (Lipinski definition) is 1. The Balaban J connectivity index is 1.83. The molecule has 1 atom stereocenters. The number of nitrogens with two attached hydrogens (primary N) is 1. The van der Waals surface area contributed by atoms with Crippen molar-refractivity contribution in [1.29, 1.82) is 5.26 Å². The Bertz CT molecular complexity index is 1310. The van der Waals surface area contributed by atoms with Crippen LogP contribution in [0.1, 0.15) is 50.7 Å². The van der Waals surface area contributed by atoms with Crippen LogP contribution in [0.15, 0.2) is 69.6 Å². The molecule has 200 valence electrons. The molecular formula is C30H34BrN3O4. The van der Waals surface area contributed by atoms with E-state index in [-0.39, 0.29) is 11.2 Å². The van der Waals surface area contributed by atoms with E-state index in [0.717, 1.165) is 16.8 Å². The van der Waals surface area contributed by atoms with E-state index in [0.29, 0.717) is 72.1 Å². The number of halogens is 1. The number of benzene rings is 2. The zero-order valence-corrected chi connectivity index (χ0v) is 23.9. The molecule has 38 heavy (non-hydrogen) atoms. The monoisotopic (exact) mass is 579 g/mol. The summed E-state index contributed by atoms with van der Waals surface area (Å²) in [6, 6.07) is 16.0. The van der Waals surface area contributed by atoms with Gasteiger partial charge in [-0.1, -0.05) is 44.2 Å². The van der Waals surface area contributed by atoms with E-state index in [2.05, 4.69) is 35.8 Å². The SMILES string of the molecule is CCOc1cc([C@@H]2C(C#N)=C(N)N(CCOC)C3=C2C(=O)CC(C)(C)C3)cc(Br)c1OCc1ccccc1. The third-order valence-corrected chi connectivity index (χ3v) is 7.49. The summed E-state index contributed by atoms with van der Waals surface area (Å²) in [4.78, 5) is 15.6. The molecule has 4 rings (SSSR count). The Labute approximate surface area is 233 Å². The van der Waals surface area contributed by atoms with Gasteiger partial charge in [0.05, 0.1) is 35.2 Å². The highest BCUT2D eigenvalue weighted by Gasteiger charge is 2.44. The van der Waals surface area contributed by atoms with Gasteiger partial charge in [0.25, 0.3) is 0 Å². The Hall–Kier alpha value is -3.28. The third kappa shape index (κ3) is 5.59. The van der Waals surface area contributed by atoms with Crippen molar-refractivity contribution in [2.24, 2.45) is 11.1 Å². The number of nitriles is 1. The molecule has 0 unspecified atom stereocenters. The maximum Gasteiger partial charge on any atom is 0.175 e. The first-order chi connectivity index (χ1) is 18.2. The summed E-state index contributed by atoms with van der Waals surface area (Å²) in [7, 11) is 1.62. The minimum atomic E-state index is -0.601. The zero-order valence-electron chi connectivity index (χ0n) is 22.3. The third-order valence-electron chi connectivity index (χ3n) is 6.90. The lowest BCUT2D eigenvalue weighted by Crippen LogP contribution is -2.43. The lowest BCUT2D eigenvalue weighted by Gasteiger charge is -2.43. The van der Waals surface area contributed by atoms with Crippen LogP contribution in [0.2, 0.25) is 0 Å². The van der Waals surface area contributed by atoms with Crippen LogP contribution >= 0.6 is 15.9 Å². The van der Waals surface area contributed by atoms with Crippen LogP contribution in [-0.2, 0) is 16.1 Å². The maximum atomic E-state index is 13.7. The maximum absolute atomic E-state index is 13.7. The van der Waals surface area contributed by atoms with E-state index in [1.165, 1.54) is 0 Å². The minimum Gasteiger partial charge on any atom is -0.490 e. The van der Waals surface area contributed by atoms with Gasteiger partial charge in [-0.25, -0.2) is 0 Å². The first-order valence-electron chi connectivity index (χ1n) is 12.8. The second-order valence-electron chi connectivity index (χ2n) is 10.3. The Morgan fingerprint density at radius 3 is 2.58 bits per heavy atom. The van der Waals surface area contributed by atoms with Crippen molar-refractivity contribution in [1.82, 2.24) is 4.90 Å². The largest absolute Gasteiger partial charge is 0.490 e. The fraction of sp³-hybridized carbons (Fsp3) is 0.400. The van der Waals surface area contributed by atoms with Gasteiger partial charge in [-0.05, 0) is 57.9 Å². The summed E-state index contributed by atoms with van der Waals surface area (Å²) in [6.45, 7) is 7.75. The van der Waals surface area contributed by atoms with E-state index in [9.17, 15) is 10.1 Å². The van der Waals surface area contributed by atoms with Gasteiger partial charge >= 0.3 is 0 Å². The van der Waals surface area contributed by atoms with E-state index < -0.39 is 5.92 Å². The average molecular weight is 581 g/mol. The highest BCUT2D eigenvalue weighted by Crippen LogP contribution is 2.50. The molecule has 0 fully saturated rings. The fourth-order valence-electron chi connectivity index (χ4n) is 5.23. The van der Waals surface area contributed by atoms with Crippen LogP contribution < -0.4 is 15.2 Å². The lowest BCUT2D eigenvalue weighted by molar-refractivity contribution is -0.118. The van der Waals surface area contributed by atoms with Crippen LogP contribution in [0.5, 0.6) is 11.5 Å². The number of ketones is 1. The summed E-state index contributed by atoms with van der Waals surface area (Å²) in [5.74, 6) is 0.893. The summed E-state index contributed by atoms with van der Waals surface area (Å²) in [6.07, 6.45) is 1.07. The molecule has 0 saturated heterocycles. The first-order valence-corrected chi connectivity index (χ1v) is 13.6. The number of Topliss-reactive ketones (excluding diaryl/α,β-unsaturated/α-hetero) is 1. The van der Waals surface area contributed by atoms with Crippen LogP contribution in [0.4, 0.5) is 0 Å². The first kappa shape index (κ1) is 27.7. The number of rotatable bonds is 9. The number of nitrogens with zero attached hydrogens (tertiary/aromatic N) is 2. The molecule has 2 aromatic carbocycles. The van der Waals surface area contributed by atoms with Crippen molar-refractivity contribution in [3.8, 4) is 17.6 Å². The van der Waals surface area contributed by atoms with Crippen LogP contribution in [0.25, 0.3) is 0 Å². The summed E-state index contributed by atoms with van der Waals surface area (Å²) >= 11 is 3.67. The molecule has 2 aromatic rings. The quantitative estimate of drug-likeness (QED) is 0.400. The molecule has 8 heteroatoms. The normalized spacial score (nSPS) is 18.8. The van der Waals surface area contributed by atoms with Gasteiger partial charge in [0.1, 0.15) is 12.4 Å². The second-order valence-corrected chi connectivity index (χ2v) is 11.2. The molecule has 1 aliphatic heterocycles. The molecule has 2 aliphatic rings. The number of methoxy groups -OCH3 is 1. The molecule has 0 radical (unpaired) electrons. The number of carbonyl (C=O) groups excluding carboxylic acids is 1. The molecule has 0 bridgehead atoms. The van der Waals surface area contributed by atoms with Crippen LogP contribution in [0, 0.1) is 16.7 Å². The van der Waals surface area contributed by atoms with Crippen LogP contribution in [0.3, 0.4) is 0 Å². The number of ether oxygens (including phenoxy) is 3. The smallest absolute Gasteiger partial charge is 0.175 e. The molecule has 0 spiro atoms. The molecule has 1 heterocycles. The Kier molecular flexibility index (Phi) is 8.49. The van der Waals surface area contributed by atoms with Gasteiger partial charge in [-0.15, -0.1) is 0 Å². The summed E-state index contributed by atoms with van der Waals surface area (Å²) < 4.78 is 18.1. The van der Waals surface area contributed by atoms with Crippen molar-refractivity contribution in [3.63, 3.8) is 0 Å². The predicted octanol–water partition coefficient (Wildman–Crippen LogP) is 5.81. The molecular weight excluding hydrogens is 546 g/mol. The summed E-state index contributed by atoms with van der Waals surface area (Å²) in [5.41, 5.74) is 10.0. The number of allylic oxidation sites excluding steroid dienone is 3. The molecule has 7 nitrogen and oxygen atoms in total. The lowest BCUT2D eigenvalue weighted by atomic mass is 9.68. The summed E-state index contributed by atoms with van der Waals surface area (Å²) in [5, 5.41) is 10.3. The van der Waals surface area contributed by atoms with Gasteiger partial charge in [0, 0.05) is 31.3 Å². The molecule has 2 N–H and O–H groups in total. The zero-order chi connectivity index (χ0) is 27.4. The number of hydrogen-bond acceptors (Lipinski definition) is 7. The van der Waals surface area contributed by atoms with Crippen molar-refractivity contribution in [2.45, 2.75) is 46.1 Å².